The third kappa shape index (κ3) is 3.08. The minimum Gasteiger partial charge on any atom is -0.313 e. The average molecular weight is 297 g/mol. The molecule has 1 nitrogen and oxygen atoms in total. The van der Waals surface area contributed by atoms with E-state index < -0.39 is 29.5 Å². The maximum atomic E-state index is 13.0. The number of nitrogens with one attached hydrogen (secondary N) is 1. The first-order valence-corrected chi connectivity index (χ1v) is 6.10. The molecule has 7 heteroatoms. The second-order valence-corrected chi connectivity index (χ2v) is 4.90. The molecule has 1 fully saturated rings. The smallest absolute Gasteiger partial charge is 0.313 e. The number of alkyl halides is 6. The van der Waals surface area contributed by atoms with Crippen LogP contribution in [0.2, 0.25) is 0 Å². The molecular weight excluding hydrogens is 284 g/mol. The Morgan fingerprint density at radius 3 is 2.05 bits per heavy atom. The van der Waals surface area contributed by atoms with Crippen LogP contribution in [0.15, 0.2) is 18.2 Å². The van der Waals surface area contributed by atoms with Crippen molar-refractivity contribution in [3.8, 4) is 0 Å². The maximum Gasteiger partial charge on any atom is 0.416 e. The highest BCUT2D eigenvalue weighted by Crippen LogP contribution is 2.45. The monoisotopic (exact) mass is 297 g/mol. The van der Waals surface area contributed by atoms with Gasteiger partial charge < -0.3 is 5.32 Å². The van der Waals surface area contributed by atoms with E-state index >= 15 is 0 Å². The van der Waals surface area contributed by atoms with Gasteiger partial charge >= 0.3 is 12.4 Å². The summed E-state index contributed by atoms with van der Waals surface area (Å²) < 4.78 is 76.7. The van der Waals surface area contributed by atoms with Crippen molar-refractivity contribution in [1.82, 2.24) is 5.32 Å². The average Bonchev–Trinajstić information content (AvgIpc) is 3.12. The Bertz CT molecular complexity index is 487. The van der Waals surface area contributed by atoms with Gasteiger partial charge in [-0.25, -0.2) is 0 Å². The predicted octanol–water partition coefficient (Wildman–Crippen LogP) is 4.39. The van der Waals surface area contributed by atoms with E-state index in [4.69, 9.17) is 0 Å². The topological polar surface area (TPSA) is 12.0 Å². The molecule has 1 atom stereocenters. The van der Waals surface area contributed by atoms with Crippen LogP contribution in [0.5, 0.6) is 0 Å². The lowest BCUT2D eigenvalue weighted by Gasteiger charge is -2.22. The van der Waals surface area contributed by atoms with Crippen LogP contribution in [0.25, 0.3) is 0 Å². The van der Waals surface area contributed by atoms with Crippen molar-refractivity contribution in [1.29, 1.82) is 0 Å². The Hall–Kier alpha value is -1.24. The highest BCUT2D eigenvalue weighted by atomic mass is 19.4. The van der Waals surface area contributed by atoms with Gasteiger partial charge in [0.25, 0.3) is 0 Å². The summed E-state index contributed by atoms with van der Waals surface area (Å²) in [6.45, 7) is 0. The van der Waals surface area contributed by atoms with Crippen LogP contribution < -0.4 is 5.32 Å². The lowest BCUT2D eigenvalue weighted by Crippen LogP contribution is -2.23. The molecule has 1 N–H and O–H groups in total. The summed E-state index contributed by atoms with van der Waals surface area (Å²) in [4.78, 5) is 0. The van der Waals surface area contributed by atoms with Crippen molar-refractivity contribution in [2.24, 2.45) is 5.92 Å². The van der Waals surface area contributed by atoms with Crippen LogP contribution >= 0.6 is 0 Å². The third-order valence-electron chi connectivity index (χ3n) is 3.43. The van der Waals surface area contributed by atoms with Gasteiger partial charge in [0, 0.05) is 6.04 Å². The summed E-state index contributed by atoms with van der Waals surface area (Å²) in [7, 11) is 1.51. The molecule has 0 bridgehead atoms. The Kier molecular flexibility index (Phi) is 3.75. The first-order chi connectivity index (χ1) is 9.14. The van der Waals surface area contributed by atoms with Crippen LogP contribution in [0.1, 0.15) is 35.6 Å². The molecule has 0 radical (unpaired) electrons. The van der Waals surface area contributed by atoms with Crippen LogP contribution in [-0.2, 0) is 12.4 Å². The van der Waals surface area contributed by atoms with E-state index in [-0.39, 0.29) is 17.5 Å². The van der Waals surface area contributed by atoms with E-state index in [9.17, 15) is 26.3 Å². The summed E-state index contributed by atoms with van der Waals surface area (Å²) in [5.74, 6) is 0.0536. The molecule has 1 aliphatic rings. The molecule has 0 aliphatic heterocycles. The second-order valence-electron chi connectivity index (χ2n) is 4.90. The molecule has 20 heavy (non-hydrogen) atoms. The molecule has 112 valence electrons. The Morgan fingerprint density at radius 2 is 1.65 bits per heavy atom. The van der Waals surface area contributed by atoms with Gasteiger partial charge in [0.05, 0.1) is 11.1 Å². The van der Waals surface area contributed by atoms with Crippen molar-refractivity contribution >= 4 is 0 Å². The zero-order valence-corrected chi connectivity index (χ0v) is 10.6. The molecule has 0 saturated heterocycles. The van der Waals surface area contributed by atoms with E-state index in [0.717, 1.165) is 18.9 Å². The number of halogens is 6. The lowest BCUT2D eigenvalue weighted by molar-refractivity contribution is -0.143. The number of benzene rings is 1. The van der Waals surface area contributed by atoms with Gasteiger partial charge in [-0.1, -0.05) is 6.07 Å². The first-order valence-electron chi connectivity index (χ1n) is 6.10. The SMILES string of the molecule is CNC(c1ccc(C(F)(F)F)cc1C(F)(F)F)C1CC1. The van der Waals surface area contributed by atoms with E-state index in [1.165, 1.54) is 7.05 Å². The molecule has 1 aromatic carbocycles. The van der Waals surface area contributed by atoms with Gasteiger partial charge in [-0.2, -0.15) is 26.3 Å². The van der Waals surface area contributed by atoms with Crippen molar-refractivity contribution < 1.29 is 26.3 Å². The molecule has 0 spiro atoms. The summed E-state index contributed by atoms with van der Waals surface area (Å²) in [5.41, 5.74) is -2.60. The van der Waals surface area contributed by atoms with Gasteiger partial charge in [0.1, 0.15) is 0 Å². The highest BCUT2D eigenvalue weighted by Gasteiger charge is 2.41. The Balaban J connectivity index is 2.51. The fraction of sp³-hybridized carbons (Fsp3) is 0.538. The summed E-state index contributed by atoms with van der Waals surface area (Å²) in [6, 6.07) is 1.28. The van der Waals surface area contributed by atoms with E-state index in [1.54, 1.807) is 0 Å². The van der Waals surface area contributed by atoms with E-state index in [2.05, 4.69) is 5.32 Å². The molecule has 0 aromatic heterocycles. The first kappa shape index (κ1) is 15.2. The molecule has 0 amide bonds. The molecular formula is C13H13F6N. The fourth-order valence-electron chi connectivity index (χ4n) is 2.32. The zero-order valence-electron chi connectivity index (χ0n) is 10.6. The molecule has 1 saturated carbocycles. The second kappa shape index (κ2) is 4.95. The normalized spacial score (nSPS) is 18.1. The Morgan fingerprint density at radius 1 is 1.05 bits per heavy atom. The zero-order chi connectivity index (χ0) is 15.1. The third-order valence-corrected chi connectivity index (χ3v) is 3.43. The van der Waals surface area contributed by atoms with Crippen molar-refractivity contribution in [2.75, 3.05) is 7.05 Å². The molecule has 1 aromatic rings. The number of hydrogen-bond donors (Lipinski definition) is 1. The molecule has 0 heterocycles. The van der Waals surface area contributed by atoms with Crippen molar-refractivity contribution in [2.45, 2.75) is 31.2 Å². The molecule has 2 rings (SSSR count). The van der Waals surface area contributed by atoms with Gasteiger partial charge in [0.15, 0.2) is 0 Å². The minimum absolute atomic E-state index is 0.0536. The van der Waals surface area contributed by atoms with Gasteiger partial charge in [-0.3, -0.25) is 0 Å². The molecule has 1 unspecified atom stereocenters. The largest absolute Gasteiger partial charge is 0.416 e. The lowest BCUT2D eigenvalue weighted by atomic mass is 9.94. The van der Waals surface area contributed by atoms with Gasteiger partial charge in [-0.15, -0.1) is 0 Å². The predicted molar refractivity (Wildman–Crippen MR) is 61.0 cm³/mol. The summed E-state index contributed by atoms with van der Waals surface area (Å²) >= 11 is 0. The van der Waals surface area contributed by atoms with Crippen LogP contribution in [0, 0.1) is 5.92 Å². The van der Waals surface area contributed by atoms with Crippen LogP contribution in [0.4, 0.5) is 26.3 Å². The Labute approximate surface area is 112 Å². The molecule has 1 aliphatic carbocycles. The highest BCUT2D eigenvalue weighted by molar-refractivity contribution is 5.38. The number of rotatable bonds is 3. The summed E-state index contributed by atoms with van der Waals surface area (Å²) in [6.07, 6.45) is -8.03. The maximum absolute atomic E-state index is 13.0. The quantitative estimate of drug-likeness (QED) is 0.816. The van der Waals surface area contributed by atoms with Crippen molar-refractivity contribution in [3.63, 3.8) is 0 Å². The number of hydrogen-bond acceptors (Lipinski definition) is 1. The van der Waals surface area contributed by atoms with Gasteiger partial charge in [0.2, 0.25) is 0 Å². The summed E-state index contributed by atoms with van der Waals surface area (Å²) in [5, 5.41) is 2.77. The standard InChI is InChI=1S/C13H13F6N/c1-20-11(7-2-3-7)9-5-4-8(12(14,15)16)6-10(9)13(17,18)19/h4-7,11,20H,2-3H2,1H3. The van der Waals surface area contributed by atoms with E-state index in [0.29, 0.717) is 6.07 Å². The van der Waals surface area contributed by atoms with Gasteiger partial charge in [-0.05, 0) is 43.5 Å². The van der Waals surface area contributed by atoms with Crippen LogP contribution in [-0.4, -0.2) is 7.05 Å². The van der Waals surface area contributed by atoms with Crippen molar-refractivity contribution in [3.05, 3.63) is 34.9 Å². The minimum atomic E-state index is -4.80. The fourth-order valence-corrected chi connectivity index (χ4v) is 2.32. The van der Waals surface area contributed by atoms with Crippen LogP contribution in [0.3, 0.4) is 0 Å². The van der Waals surface area contributed by atoms with E-state index in [1.807, 2.05) is 0 Å².